The topological polar surface area (TPSA) is 113 Å². The molecule has 9 nitrogen and oxygen atoms in total. The van der Waals surface area contributed by atoms with E-state index in [1.807, 2.05) is 18.2 Å². The van der Waals surface area contributed by atoms with Crippen molar-refractivity contribution in [1.82, 2.24) is 25.5 Å². The van der Waals surface area contributed by atoms with E-state index in [4.69, 9.17) is 4.74 Å². The van der Waals surface area contributed by atoms with Crippen molar-refractivity contribution in [2.75, 3.05) is 21.2 Å². The third-order valence-corrected chi connectivity index (χ3v) is 6.57. The number of methoxy groups -OCH3 is 1. The maximum absolute atomic E-state index is 12.6. The summed E-state index contributed by atoms with van der Waals surface area (Å²) in [5.74, 6) is 0.123. The highest BCUT2D eigenvalue weighted by molar-refractivity contribution is 7.89. The number of rotatable bonds is 7. The number of hydrazine groups is 1. The van der Waals surface area contributed by atoms with Crippen molar-refractivity contribution in [1.29, 1.82) is 0 Å². The SMILES string of the molecule is COc1ccc(C2CC(C(=O)NCc3ccccn3)NN2)cc1S(=O)(=O)N(C)C. The summed E-state index contributed by atoms with van der Waals surface area (Å²) < 4.78 is 31.6. The minimum absolute atomic E-state index is 0.0901. The summed E-state index contributed by atoms with van der Waals surface area (Å²) in [5.41, 5.74) is 7.57. The highest BCUT2D eigenvalue weighted by Gasteiger charge is 2.31. The van der Waals surface area contributed by atoms with E-state index < -0.39 is 16.1 Å². The van der Waals surface area contributed by atoms with Gasteiger partial charge in [-0.3, -0.25) is 9.78 Å². The molecule has 1 aromatic heterocycles. The number of sulfonamides is 1. The van der Waals surface area contributed by atoms with Gasteiger partial charge in [-0.1, -0.05) is 12.1 Å². The van der Waals surface area contributed by atoms with Crippen LogP contribution in [-0.4, -0.2) is 50.9 Å². The van der Waals surface area contributed by atoms with Crippen LogP contribution in [0, 0.1) is 0 Å². The highest BCUT2D eigenvalue weighted by atomic mass is 32.2. The zero-order valence-corrected chi connectivity index (χ0v) is 17.4. The maximum Gasteiger partial charge on any atom is 0.246 e. The molecule has 0 bridgehead atoms. The number of amides is 1. The normalized spacial score (nSPS) is 19.3. The Morgan fingerprint density at radius 3 is 2.72 bits per heavy atom. The minimum atomic E-state index is -3.67. The number of aromatic nitrogens is 1. The van der Waals surface area contributed by atoms with Crippen LogP contribution in [0.3, 0.4) is 0 Å². The number of hydrogen-bond donors (Lipinski definition) is 3. The van der Waals surface area contributed by atoms with E-state index in [9.17, 15) is 13.2 Å². The van der Waals surface area contributed by atoms with Gasteiger partial charge in [0, 0.05) is 26.3 Å². The van der Waals surface area contributed by atoms with E-state index in [1.54, 1.807) is 24.4 Å². The average molecular weight is 420 g/mol. The predicted molar refractivity (Wildman–Crippen MR) is 107 cm³/mol. The summed E-state index contributed by atoms with van der Waals surface area (Å²) in [6.07, 6.45) is 2.15. The zero-order valence-electron chi connectivity index (χ0n) is 16.5. The predicted octanol–water partition coefficient (Wildman–Crippen LogP) is 0.565. The standard InChI is InChI=1S/C19H25N5O4S/c1-24(2)29(26,27)18-10-13(7-8-17(18)28-3)15-11-16(23-22-15)19(25)21-12-14-6-4-5-9-20-14/h4-10,15-16,22-23H,11-12H2,1-3H3,(H,21,25). The first-order valence-corrected chi connectivity index (χ1v) is 10.6. The zero-order chi connectivity index (χ0) is 21.0. The average Bonchev–Trinajstić information content (AvgIpc) is 3.22. The summed E-state index contributed by atoms with van der Waals surface area (Å²) in [7, 11) is 0.707. The number of pyridine rings is 1. The fraction of sp³-hybridized carbons (Fsp3) is 0.368. The van der Waals surface area contributed by atoms with Gasteiger partial charge in [0.25, 0.3) is 0 Å². The van der Waals surface area contributed by atoms with Crippen LogP contribution < -0.4 is 20.9 Å². The molecule has 1 amide bonds. The Hall–Kier alpha value is -2.53. The van der Waals surface area contributed by atoms with E-state index in [0.717, 1.165) is 15.6 Å². The van der Waals surface area contributed by atoms with E-state index in [1.165, 1.54) is 21.2 Å². The van der Waals surface area contributed by atoms with E-state index in [0.29, 0.717) is 13.0 Å². The molecule has 0 spiro atoms. The van der Waals surface area contributed by atoms with Crippen molar-refractivity contribution in [3.05, 3.63) is 53.9 Å². The molecule has 2 unspecified atom stereocenters. The molecule has 2 heterocycles. The molecule has 2 aromatic rings. The Balaban J connectivity index is 1.70. The highest BCUT2D eigenvalue weighted by Crippen LogP contribution is 2.31. The van der Waals surface area contributed by atoms with Crippen molar-refractivity contribution < 1.29 is 17.9 Å². The molecule has 1 saturated heterocycles. The van der Waals surface area contributed by atoms with Crippen molar-refractivity contribution in [3.63, 3.8) is 0 Å². The molecule has 1 aliphatic heterocycles. The molecule has 2 atom stereocenters. The summed E-state index contributed by atoms with van der Waals surface area (Å²) in [4.78, 5) is 16.7. The minimum Gasteiger partial charge on any atom is -0.495 e. The lowest BCUT2D eigenvalue weighted by molar-refractivity contribution is -0.123. The molecule has 10 heteroatoms. The van der Waals surface area contributed by atoms with Crippen molar-refractivity contribution in [2.45, 2.75) is 29.9 Å². The molecule has 156 valence electrons. The van der Waals surface area contributed by atoms with Gasteiger partial charge in [-0.25, -0.2) is 23.6 Å². The van der Waals surface area contributed by atoms with E-state index in [-0.39, 0.29) is 22.6 Å². The van der Waals surface area contributed by atoms with Crippen LogP contribution in [-0.2, 0) is 21.4 Å². The van der Waals surface area contributed by atoms with Gasteiger partial charge in [-0.15, -0.1) is 0 Å². The molecular formula is C19H25N5O4S. The molecular weight excluding hydrogens is 394 g/mol. The van der Waals surface area contributed by atoms with Crippen LogP contribution in [0.4, 0.5) is 0 Å². The van der Waals surface area contributed by atoms with Gasteiger partial charge in [-0.2, -0.15) is 0 Å². The van der Waals surface area contributed by atoms with Crippen LogP contribution in [0.25, 0.3) is 0 Å². The fourth-order valence-electron chi connectivity index (χ4n) is 3.06. The summed E-state index contributed by atoms with van der Waals surface area (Å²) in [5, 5.41) is 2.86. The fourth-order valence-corrected chi connectivity index (χ4v) is 4.14. The molecule has 3 N–H and O–H groups in total. The van der Waals surface area contributed by atoms with Crippen molar-refractivity contribution >= 4 is 15.9 Å². The van der Waals surface area contributed by atoms with Crippen LogP contribution in [0.2, 0.25) is 0 Å². The molecule has 1 aliphatic rings. The number of nitrogens with zero attached hydrogens (tertiary/aromatic N) is 2. The third-order valence-electron chi connectivity index (χ3n) is 4.74. The van der Waals surface area contributed by atoms with Crippen LogP contribution in [0.15, 0.2) is 47.5 Å². The van der Waals surface area contributed by atoms with Gasteiger partial charge in [0.15, 0.2) is 0 Å². The number of benzene rings is 1. The van der Waals surface area contributed by atoms with E-state index >= 15 is 0 Å². The lowest BCUT2D eigenvalue weighted by Gasteiger charge is -2.17. The summed E-state index contributed by atoms with van der Waals surface area (Å²) in [6.45, 7) is 0.344. The molecule has 0 saturated carbocycles. The van der Waals surface area contributed by atoms with Gasteiger partial charge in [0.2, 0.25) is 15.9 Å². The molecule has 3 rings (SSSR count). The summed E-state index contributed by atoms with van der Waals surface area (Å²) >= 11 is 0. The Bertz CT molecular complexity index is 966. The van der Waals surface area contributed by atoms with Crippen LogP contribution >= 0.6 is 0 Å². The Morgan fingerprint density at radius 2 is 2.07 bits per heavy atom. The molecule has 29 heavy (non-hydrogen) atoms. The number of carbonyl (C=O) groups is 1. The lowest BCUT2D eigenvalue weighted by Crippen LogP contribution is -2.42. The van der Waals surface area contributed by atoms with Gasteiger partial charge < -0.3 is 10.1 Å². The number of carbonyl (C=O) groups excluding carboxylic acids is 1. The monoisotopic (exact) mass is 419 g/mol. The van der Waals surface area contributed by atoms with Gasteiger partial charge in [0.05, 0.1) is 19.3 Å². The first kappa shape index (κ1) is 21.2. The Kier molecular flexibility index (Phi) is 6.48. The molecule has 1 fully saturated rings. The summed E-state index contributed by atoms with van der Waals surface area (Å²) in [6, 6.07) is 9.86. The van der Waals surface area contributed by atoms with Gasteiger partial charge in [-0.05, 0) is 36.2 Å². The van der Waals surface area contributed by atoms with Crippen molar-refractivity contribution in [3.8, 4) is 5.75 Å². The first-order chi connectivity index (χ1) is 13.8. The van der Waals surface area contributed by atoms with Gasteiger partial charge >= 0.3 is 0 Å². The number of nitrogens with one attached hydrogen (secondary N) is 3. The van der Waals surface area contributed by atoms with E-state index in [2.05, 4.69) is 21.2 Å². The molecule has 0 radical (unpaired) electrons. The largest absolute Gasteiger partial charge is 0.495 e. The van der Waals surface area contributed by atoms with Gasteiger partial charge in [0.1, 0.15) is 16.7 Å². The number of ether oxygens (including phenoxy) is 1. The quantitative estimate of drug-likeness (QED) is 0.601. The van der Waals surface area contributed by atoms with Crippen LogP contribution in [0.1, 0.15) is 23.7 Å². The lowest BCUT2D eigenvalue weighted by atomic mass is 10.0. The second kappa shape index (κ2) is 8.87. The third kappa shape index (κ3) is 4.73. The van der Waals surface area contributed by atoms with Crippen molar-refractivity contribution in [2.24, 2.45) is 0 Å². The maximum atomic E-state index is 12.6. The van der Waals surface area contributed by atoms with Crippen LogP contribution in [0.5, 0.6) is 5.75 Å². The Morgan fingerprint density at radius 1 is 1.28 bits per heavy atom. The molecule has 0 aliphatic carbocycles. The molecule has 1 aromatic carbocycles. The second-order valence-corrected chi connectivity index (χ2v) is 8.99. The number of hydrogen-bond acceptors (Lipinski definition) is 7. The Labute approximate surface area is 170 Å². The second-order valence-electron chi connectivity index (χ2n) is 6.87. The smallest absolute Gasteiger partial charge is 0.246 e. The first-order valence-electron chi connectivity index (χ1n) is 9.12.